The number of rotatable bonds is 2. The molecule has 0 aromatic carbocycles. The van der Waals surface area contributed by atoms with Crippen molar-refractivity contribution < 1.29 is 0 Å². The third kappa shape index (κ3) is 11.3. The molecule has 4 heteroatoms. The molecule has 2 heterocycles. The first-order valence-corrected chi connectivity index (χ1v) is 12.3. The maximum atomic E-state index is 4.77. The molecular weight excluding hydrogens is 428 g/mol. The smallest absolute Gasteiger partial charge is 0.151 e. The van der Waals surface area contributed by atoms with Crippen molar-refractivity contribution in [1.29, 1.82) is 0 Å². The summed E-state index contributed by atoms with van der Waals surface area (Å²) in [7, 11) is 0. The van der Waals surface area contributed by atoms with Crippen LogP contribution in [-0.2, 0) is 0 Å². The van der Waals surface area contributed by atoms with E-state index in [1.807, 2.05) is 37.5 Å². The van der Waals surface area contributed by atoms with Gasteiger partial charge >= 0.3 is 0 Å². The van der Waals surface area contributed by atoms with Crippen LogP contribution in [0.25, 0.3) is 0 Å². The monoisotopic (exact) mass is 480 g/mol. The number of aliphatic imine (C=N–C) groups is 2. The molecule has 0 N–H and O–H groups in total. The van der Waals surface area contributed by atoms with E-state index >= 15 is 0 Å². The van der Waals surface area contributed by atoms with Gasteiger partial charge in [0.15, 0.2) is 11.6 Å². The Hall–Kier alpha value is -2.36. The summed E-state index contributed by atoms with van der Waals surface area (Å²) in [5.74, 6) is 1.61. The van der Waals surface area contributed by atoms with Gasteiger partial charge in [-0.3, -0.25) is 0 Å². The van der Waals surface area contributed by atoms with E-state index in [1.165, 1.54) is 17.0 Å². The second kappa shape index (κ2) is 12.1. The van der Waals surface area contributed by atoms with Gasteiger partial charge in [0.2, 0.25) is 0 Å². The fourth-order valence-corrected chi connectivity index (χ4v) is 4.26. The average Bonchev–Trinajstić information content (AvgIpc) is 2.62. The predicted octanol–water partition coefficient (Wildman–Crippen LogP) is 9.75. The summed E-state index contributed by atoms with van der Waals surface area (Å²) < 4.78 is 0. The van der Waals surface area contributed by atoms with E-state index in [9.17, 15) is 0 Å². The topological polar surface area (TPSA) is 50.5 Å². The molecule has 2 rings (SSSR count). The number of hydrogen-bond acceptors (Lipinski definition) is 4. The van der Waals surface area contributed by atoms with Crippen LogP contribution in [0.3, 0.4) is 0 Å². The molecule has 4 nitrogen and oxygen atoms in total. The molecule has 0 radical (unpaired) electrons. The summed E-state index contributed by atoms with van der Waals surface area (Å²) in [6.07, 6.45) is 3.68. The predicted molar refractivity (Wildman–Crippen MR) is 157 cm³/mol. The normalized spacial score (nSPS) is 12.1. The Morgan fingerprint density at radius 2 is 1.00 bits per heavy atom. The molecule has 0 spiro atoms. The van der Waals surface area contributed by atoms with Gasteiger partial charge in [0.1, 0.15) is 0 Å². The third-order valence-electron chi connectivity index (χ3n) is 5.09. The van der Waals surface area contributed by atoms with Crippen molar-refractivity contribution in [3.8, 4) is 0 Å². The minimum Gasteiger partial charge on any atom is -0.237 e. The largest absolute Gasteiger partial charge is 0.237 e. The van der Waals surface area contributed by atoms with E-state index in [1.54, 1.807) is 0 Å². The van der Waals surface area contributed by atoms with Crippen LogP contribution in [0.5, 0.6) is 0 Å². The van der Waals surface area contributed by atoms with Gasteiger partial charge in [-0.05, 0) is 43.2 Å². The molecule has 0 aliphatic heterocycles. The SMILES string of the molecule is C.Cc1ccc(N=C(C(C)(C)C)C(C)(C)C)nc1.Cc1ccnc(N=C(C(C)(C)C)C(C)(C)C)c1. The lowest BCUT2D eigenvalue weighted by Gasteiger charge is -2.32. The second-order valence-electron chi connectivity index (χ2n) is 13.3. The molecule has 35 heavy (non-hydrogen) atoms. The van der Waals surface area contributed by atoms with Crippen LogP contribution in [-0.4, -0.2) is 21.4 Å². The van der Waals surface area contributed by atoms with Crippen molar-refractivity contribution in [3.63, 3.8) is 0 Å². The lowest BCUT2D eigenvalue weighted by atomic mass is 9.75. The molecule has 0 saturated carbocycles. The molecule has 0 aliphatic rings. The van der Waals surface area contributed by atoms with Crippen LogP contribution in [0.15, 0.2) is 46.6 Å². The highest BCUT2D eigenvalue weighted by Crippen LogP contribution is 2.33. The van der Waals surface area contributed by atoms with E-state index in [0.29, 0.717) is 0 Å². The van der Waals surface area contributed by atoms with Crippen molar-refractivity contribution >= 4 is 23.1 Å². The van der Waals surface area contributed by atoms with Crippen LogP contribution in [0, 0.1) is 35.5 Å². The lowest BCUT2D eigenvalue weighted by Crippen LogP contribution is -2.32. The van der Waals surface area contributed by atoms with Crippen LogP contribution < -0.4 is 0 Å². The van der Waals surface area contributed by atoms with Crippen molar-refractivity contribution in [2.45, 2.75) is 104 Å². The van der Waals surface area contributed by atoms with Crippen molar-refractivity contribution in [1.82, 2.24) is 9.97 Å². The maximum absolute atomic E-state index is 4.77. The van der Waals surface area contributed by atoms with E-state index < -0.39 is 0 Å². The Bertz CT molecular complexity index is 952. The van der Waals surface area contributed by atoms with Gasteiger partial charge in [-0.2, -0.15) is 0 Å². The zero-order valence-electron chi connectivity index (χ0n) is 24.3. The molecule has 0 fully saturated rings. The number of nitrogens with zero attached hydrogens (tertiary/aromatic N) is 4. The Labute approximate surface area is 216 Å². The molecule has 0 aliphatic carbocycles. The Kier molecular flexibility index (Phi) is 11.2. The van der Waals surface area contributed by atoms with E-state index in [0.717, 1.165) is 17.2 Å². The summed E-state index contributed by atoms with van der Waals surface area (Å²) in [5.41, 5.74) is 4.96. The fraction of sp³-hybridized carbons (Fsp3) is 0.613. The summed E-state index contributed by atoms with van der Waals surface area (Å²) in [5, 5.41) is 0. The molecule has 196 valence electrons. The number of hydrogen-bond donors (Lipinski definition) is 0. The standard InChI is InChI=1S/2C15H24N2.CH4/c1-11-8-9-16-12(10-11)17-13(14(2,3)4)15(5,6)7;1-11-8-9-12(16-10-11)17-13(14(2,3)4)15(5,6)7;/h2*8-10H,1-7H3;1H4. The summed E-state index contributed by atoms with van der Waals surface area (Å²) in [6.45, 7) is 30.5. The highest BCUT2D eigenvalue weighted by molar-refractivity contribution is 5.95. The summed E-state index contributed by atoms with van der Waals surface area (Å²) in [4.78, 5) is 18.2. The Morgan fingerprint density at radius 3 is 1.34 bits per heavy atom. The quantitative estimate of drug-likeness (QED) is 0.402. The zero-order valence-corrected chi connectivity index (χ0v) is 24.3. The van der Waals surface area contributed by atoms with Gasteiger partial charge in [-0.25, -0.2) is 20.0 Å². The first-order valence-electron chi connectivity index (χ1n) is 12.3. The first kappa shape index (κ1) is 32.6. The first-order chi connectivity index (χ1) is 15.2. The second-order valence-corrected chi connectivity index (χ2v) is 13.3. The summed E-state index contributed by atoms with van der Waals surface area (Å²) >= 11 is 0. The number of aryl methyl sites for hydroxylation is 2. The van der Waals surface area contributed by atoms with E-state index in [2.05, 4.69) is 106 Å². The van der Waals surface area contributed by atoms with Gasteiger partial charge in [0.05, 0.1) is 0 Å². The molecule has 0 saturated heterocycles. The van der Waals surface area contributed by atoms with Crippen LogP contribution in [0.4, 0.5) is 11.6 Å². The molecule has 0 bridgehead atoms. The number of pyridine rings is 2. The lowest BCUT2D eigenvalue weighted by molar-refractivity contribution is 0.479. The van der Waals surface area contributed by atoms with Gasteiger partial charge in [0.25, 0.3) is 0 Å². The Morgan fingerprint density at radius 1 is 0.571 bits per heavy atom. The van der Waals surface area contributed by atoms with Crippen molar-refractivity contribution in [3.05, 3.63) is 47.8 Å². The minimum absolute atomic E-state index is 0. The third-order valence-corrected chi connectivity index (χ3v) is 5.09. The molecule has 0 atom stereocenters. The number of aromatic nitrogens is 2. The van der Waals surface area contributed by atoms with Crippen molar-refractivity contribution in [2.75, 3.05) is 0 Å². The van der Waals surface area contributed by atoms with Gasteiger partial charge in [-0.1, -0.05) is 96.6 Å². The van der Waals surface area contributed by atoms with Crippen LogP contribution in [0.1, 0.15) is 102 Å². The van der Waals surface area contributed by atoms with Gasteiger partial charge < -0.3 is 0 Å². The molecule has 2 aromatic heterocycles. The highest BCUT2D eigenvalue weighted by Gasteiger charge is 2.31. The van der Waals surface area contributed by atoms with Gasteiger partial charge in [-0.15, -0.1) is 0 Å². The van der Waals surface area contributed by atoms with Crippen LogP contribution in [0.2, 0.25) is 0 Å². The molecule has 2 aromatic rings. The molecule has 0 unspecified atom stereocenters. The maximum Gasteiger partial charge on any atom is 0.151 e. The van der Waals surface area contributed by atoms with Crippen molar-refractivity contribution in [2.24, 2.45) is 31.6 Å². The van der Waals surface area contributed by atoms with E-state index in [4.69, 9.17) is 9.98 Å². The molecular formula is C31H52N4. The van der Waals surface area contributed by atoms with E-state index in [-0.39, 0.29) is 29.1 Å². The van der Waals surface area contributed by atoms with Crippen LogP contribution >= 0.6 is 0 Å². The summed E-state index contributed by atoms with van der Waals surface area (Å²) in [6, 6.07) is 8.05. The van der Waals surface area contributed by atoms with Gasteiger partial charge in [0, 0.05) is 45.5 Å². The highest BCUT2D eigenvalue weighted by atomic mass is 14.9. The zero-order chi connectivity index (χ0) is 26.5. The average molecular weight is 481 g/mol. The minimum atomic E-state index is 0. The fourth-order valence-electron chi connectivity index (χ4n) is 4.26. The molecule has 0 amide bonds. The Balaban J connectivity index is 0.000000642.